The van der Waals surface area contributed by atoms with Crippen molar-refractivity contribution in [1.82, 2.24) is 5.32 Å². The normalized spacial score (nSPS) is 10.7. The standard InChI is InChI=1S/C15H18ClNO2/c1-10-6-13(16)4-5-15(10)18-9-12-7-14(8-17-3)19-11(12)2/h4-7,17H,8-9H2,1-3H3. The first-order valence-corrected chi connectivity index (χ1v) is 6.59. The van der Waals surface area contributed by atoms with Crippen LogP contribution < -0.4 is 10.1 Å². The van der Waals surface area contributed by atoms with E-state index in [4.69, 9.17) is 20.8 Å². The topological polar surface area (TPSA) is 34.4 Å². The first-order chi connectivity index (χ1) is 9.10. The molecule has 0 amide bonds. The van der Waals surface area contributed by atoms with Crippen LogP contribution in [0.25, 0.3) is 0 Å². The molecule has 2 aromatic rings. The molecule has 1 aromatic heterocycles. The van der Waals surface area contributed by atoms with Crippen molar-refractivity contribution in [3.8, 4) is 5.75 Å². The molecule has 0 atom stereocenters. The van der Waals surface area contributed by atoms with E-state index in [-0.39, 0.29) is 0 Å². The molecule has 1 aromatic carbocycles. The van der Waals surface area contributed by atoms with E-state index < -0.39 is 0 Å². The second kappa shape index (κ2) is 6.13. The third-order valence-corrected chi connectivity index (χ3v) is 3.18. The minimum atomic E-state index is 0.502. The van der Waals surface area contributed by atoms with Crippen molar-refractivity contribution in [1.29, 1.82) is 0 Å². The van der Waals surface area contributed by atoms with Crippen molar-refractivity contribution in [2.45, 2.75) is 27.0 Å². The average Bonchev–Trinajstić information content (AvgIpc) is 2.69. The van der Waals surface area contributed by atoms with E-state index >= 15 is 0 Å². The number of halogens is 1. The maximum absolute atomic E-state index is 5.92. The summed E-state index contributed by atoms with van der Waals surface area (Å²) in [5, 5.41) is 3.79. The van der Waals surface area contributed by atoms with Gasteiger partial charge in [0, 0.05) is 10.6 Å². The molecule has 0 fully saturated rings. The Morgan fingerprint density at radius 3 is 2.74 bits per heavy atom. The van der Waals surface area contributed by atoms with E-state index in [2.05, 4.69) is 5.32 Å². The van der Waals surface area contributed by atoms with Gasteiger partial charge in [0.2, 0.25) is 0 Å². The molecule has 0 unspecified atom stereocenters. The maximum atomic E-state index is 5.92. The lowest BCUT2D eigenvalue weighted by atomic mass is 10.2. The van der Waals surface area contributed by atoms with Crippen molar-refractivity contribution < 1.29 is 9.15 Å². The molecule has 0 bridgehead atoms. The van der Waals surface area contributed by atoms with Gasteiger partial charge >= 0.3 is 0 Å². The Bertz CT molecular complexity index is 563. The SMILES string of the molecule is CNCc1cc(COc2ccc(Cl)cc2C)c(C)o1. The summed E-state index contributed by atoms with van der Waals surface area (Å²) in [6.07, 6.45) is 0. The van der Waals surface area contributed by atoms with Crippen LogP contribution in [0.15, 0.2) is 28.7 Å². The van der Waals surface area contributed by atoms with Gasteiger partial charge in [-0.2, -0.15) is 0 Å². The summed E-state index contributed by atoms with van der Waals surface area (Å²) in [7, 11) is 1.89. The molecule has 102 valence electrons. The van der Waals surface area contributed by atoms with Gasteiger partial charge in [-0.3, -0.25) is 0 Å². The maximum Gasteiger partial charge on any atom is 0.122 e. The van der Waals surface area contributed by atoms with Crippen molar-refractivity contribution in [3.05, 3.63) is 51.9 Å². The van der Waals surface area contributed by atoms with Crippen molar-refractivity contribution in [2.75, 3.05) is 7.05 Å². The van der Waals surface area contributed by atoms with Gasteiger partial charge in [-0.1, -0.05) is 11.6 Å². The van der Waals surface area contributed by atoms with Gasteiger partial charge in [-0.15, -0.1) is 0 Å². The second-order valence-electron chi connectivity index (χ2n) is 4.52. The summed E-state index contributed by atoms with van der Waals surface area (Å²) in [5.74, 6) is 2.67. The van der Waals surface area contributed by atoms with Gasteiger partial charge in [-0.05, 0) is 50.7 Å². The number of nitrogens with one attached hydrogen (secondary N) is 1. The lowest BCUT2D eigenvalue weighted by Gasteiger charge is -2.08. The Morgan fingerprint density at radius 1 is 1.26 bits per heavy atom. The summed E-state index contributed by atoms with van der Waals surface area (Å²) in [6.45, 7) is 5.16. The lowest BCUT2D eigenvalue weighted by molar-refractivity contribution is 0.301. The predicted molar refractivity (Wildman–Crippen MR) is 76.7 cm³/mol. The van der Waals surface area contributed by atoms with Crippen LogP contribution in [0.4, 0.5) is 0 Å². The van der Waals surface area contributed by atoms with E-state index in [1.165, 1.54) is 0 Å². The van der Waals surface area contributed by atoms with Crippen LogP contribution >= 0.6 is 11.6 Å². The zero-order valence-corrected chi connectivity index (χ0v) is 12.2. The Hall–Kier alpha value is -1.45. The van der Waals surface area contributed by atoms with Crippen LogP contribution in [0, 0.1) is 13.8 Å². The molecule has 1 N–H and O–H groups in total. The van der Waals surface area contributed by atoms with E-state index in [9.17, 15) is 0 Å². The van der Waals surface area contributed by atoms with Crippen LogP contribution in [-0.4, -0.2) is 7.05 Å². The Kier molecular flexibility index (Phi) is 4.51. The summed E-state index contributed by atoms with van der Waals surface area (Å²) in [4.78, 5) is 0. The molecular weight excluding hydrogens is 262 g/mol. The molecule has 0 radical (unpaired) electrons. The molecule has 1 heterocycles. The highest BCUT2D eigenvalue weighted by Gasteiger charge is 2.08. The van der Waals surface area contributed by atoms with Crippen molar-refractivity contribution >= 4 is 11.6 Å². The summed E-state index contributed by atoms with van der Waals surface area (Å²) in [6, 6.07) is 7.64. The molecule has 19 heavy (non-hydrogen) atoms. The molecular formula is C15H18ClNO2. The molecule has 0 aliphatic carbocycles. The Labute approximate surface area is 118 Å². The highest BCUT2D eigenvalue weighted by molar-refractivity contribution is 6.30. The zero-order valence-electron chi connectivity index (χ0n) is 11.4. The molecule has 4 heteroatoms. The monoisotopic (exact) mass is 279 g/mol. The van der Waals surface area contributed by atoms with Gasteiger partial charge in [0.05, 0.1) is 6.54 Å². The van der Waals surface area contributed by atoms with Crippen LogP contribution in [0.1, 0.15) is 22.6 Å². The van der Waals surface area contributed by atoms with E-state index in [0.717, 1.165) is 40.0 Å². The Balaban J connectivity index is 2.05. The van der Waals surface area contributed by atoms with E-state index in [0.29, 0.717) is 6.61 Å². The second-order valence-corrected chi connectivity index (χ2v) is 4.96. The van der Waals surface area contributed by atoms with Gasteiger partial charge in [0.1, 0.15) is 23.9 Å². The van der Waals surface area contributed by atoms with Gasteiger partial charge in [0.25, 0.3) is 0 Å². The lowest BCUT2D eigenvalue weighted by Crippen LogP contribution is -2.03. The summed E-state index contributed by atoms with van der Waals surface area (Å²) in [5.41, 5.74) is 2.10. The van der Waals surface area contributed by atoms with Crippen LogP contribution in [0.2, 0.25) is 5.02 Å². The van der Waals surface area contributed by atoms with Crippen LogP contribution in [0.3, 0.4) is 0 Å². The number of aryl methyl sites for hydroxylation is 2. The fourth-order valence-electron chi connectivity index (χ4n) is 1.92. The number of hydrogen-bond donors (Lipinski definition) is 1. The van der Waals surface area contributed by atoms with Crippen LogP contribution in [-0.2, 0) is 13.2 Å². The average molecular weight is 280 g/mol. The summed E-state index contributed by atoms with van der Waals surface area (Å²) < 4.78 is 11.4. The largest absolute Gasteiger partial charge is 0.489 e. The van der Waals surface area contributed by atoms with Crippen molar-refractivity contribution in [2.24, 2.45) is 0 Å². The minimum Gasteiger partial charge on any atom is -0.489 e. The summed E-state index contributed by atoms with van der Waals surface area (Å²) >= 11 is 5.92. The van der Waals surface area contributed by atoms with E-state index in [1.807, 2.05) is 45.2 Å². The van der Waals surface area contributed by atoms with Gasteiger partial charge in [0.15, 0.2) is 0 Å². The number of hydrogen-bond acceptors (Lipinski definition) is 3. The van der Waals surface area contributed by atoms with Gasteiger partial charge < -0.3 is 14.5 Å². The predicted octanol–water partition coefficient (Wildman–Crippen LogP) is 3.85. The van der Waals surface area contributed by atoms with Gasteiger partial charge in [-0.25, -0.2) is 0 Å². The third-order valence-electron chi connectivity index (χ3n) is 2.94. The fraction of sp³-hybridized carbons (Fsp3) is 0.333. The zero-order chi connectivity index (χ0) is 13.8. The van der Waals surface area contributed by atoms with Crippen LogP contribution in [0.5, 0.6) is 5.75 Å². The molecule has 0 aliphatic rings. The van der Waals surface area contributed by atoms with Crippen molar-refractivity contribution in [3.63, 3.8) is 0 Å². The molecule has 0 saturated heterocycles. The number of benzene rings is 1. The molecule has 0 saturated carbocycles. The Morgan fingerprint density at radius 2 is 2.05 bits per heavy atom. The number of furan rings is 1. The molecule has 0 spiro atoms. The smallest absolute Gasteiger partial charge is 0.122 e. The minimum absolute atomic E-state index is 0.502. The molecule has 2 rings (SSSR count). The highest BCUT2D eigenvalue weighted by atomic mass is 35.5. The fourth-order valence-corrected chi connectivity index (χ4v) is 2.15. The number of ether oxygens (including phenoxy) is 1. The third kappa shape index (κ3) is 3.52. The van der Waals surface area contributed by atoms with E-state index in [1.54, 1.807) is 0 Å². The first-order valence-electron chi connectivity index (χ1n) is 6.22. The number of rotatable bonds is 5. The molecule has 0 aliphatic heterocycles. The molecule has 3 nitrogen and oxygen atoms in total. The highest BCUT2D eigenvalue weighted by Crippen LogP contribution is 2.24. The first kappa shape index (κ1) is 14.0. The quantitative estimate of drug-likeness (QED) is 0.903.